The first-order chi connectivity index (χ1) is 11.7. The molecule has 0 unspecified atom stereocenters. The lowest BCUT2D eigenvalue weighted by molar-refractivity contribution is -0.149. The molecule has 5 rings (SSSR count). The number of para-hydroxylation sites is 1. The third kappa shape index (κ3) is 1.95. The molecule has 0 radical (unpaired) electrons. The van der Waals surface area contributed by atoms with Gasteiger partial charge in [-0.1, -0.05) is 12.1 Å². The second kappa shape index (κ2) is 4.89. The lowest BCUT2D eigenvalue weighted by Crippen LogP contribution is -2.39. The van der Waals surface area contributed by atoms with Gasteiger partial charge in [-0.15, -0.1) is 0 Å². The highest BCUT2D eigenvalue weighted by atomic mass is 16.5. The Morgan fingerprint density at radius 1 is 1.29 bits per heavy atom. The molecule has 2 atom stereocenters. The molecule has 2 saturated heterocycles. The van der Waals surface area contributed by atoms with Gasteiger partial charge in [-0.2, -0.15) is 0 Å². The van der Waals surface area contributed by atoms with E-state index < -0.39 is 11.4 Å². The summed E-state index contributed by atoms with van der Waals surface area (Å²) in [5.74, 6) is 1.52. The number of carboxylic acid groups (broad SMARTS) is 1. The minimum atomic E-state index is -0.800. The standard InChI is InChI=1S/C18H19N3O3/c22-17(23)18-9-21(7-12(18)8-24-10-18)16-13-3-1-2-4-14(13)19-15(20-16)11-5-6-11/h1-4,11-12H,5-10H2,(H,22,23)/t12-,18-/m1/s1. The predicted octanol–water partition coefficient (Wildman–Crippen LogP) is 2.04. The molecule has 6 heteroatoms. The SMILES string of the molecule is O=C(O)[C@]12COC[C@H]1CN(c1nc(C3CC3)nc3ccccc13)C2. The lowest BCUT2D eigenvalue weighted by atomic mass is 9.81. The van der Waals surface area contributed by atoms with Crippen molar-refractivity contribution in [1.82, 2.24) is 9.97 Å². The summed E-state index contributed by atoms with van der Waals surface area (Å²) in [4.78, 5) is 23.6. The van der Waals surface area contributed by atoms with Gasteiger partial charge in [0.15, 0.2) is 0 Å². The van der Waals surface area contributed by atoms with Crippen LogP contribution in [0, 0.1) is 11.3 Å². The Hall–Kier alpha value is -2.21. The highest BCUT2D eigenvalue weighted by Crippen LogP contribution is 2.45. The van der Waals surface area contributed by atoms with Crippen LogP contribution in [-0.4, -0.2) is 47.3 Å². The van der Waals surface area contributed by atoms with E-state index in [1.54, 1.807) is 0 Å². The Labute approximate surface area is 139 Å². The molecule has 1 saturated carbocycles. The Kier molecular flexibility index (Phi) is 2.89. The van der Waals surface area contributed by atoms with Crippen LogP contribution >= 0.6 is 0 Å². The van der Waals surface area contributed by atoms with E-state index in [0.717, 1.165) is 35.4 Å². The average molecular weight is 325 g/mol. The summed E-state index contributed by atoms with van der Waals surface area (Å²) in [6, 6.07) is 8.01. The zero-order chi connectivity index (χ0) is 16.3. The maximum absolute atomic E-state index is 11.9. The Balaban J connectivity index is 1.61. The van der Waals surface area contributed by atoms with Crippen molar-refractivity contribution < 1.29 is 14.6 Å². The molecule has 1 aromatic carbocycles. The number of anilines is 1. The van der Waals surface area contributed by atoms with Gasteiger partial charge in [-0.3, -0.25) is 4.79 Å². The van der Waals surface area contributed by atoms with E-state index in [0.29, 0.717) is 32.2 Å². The molecule has 2 aromatic rings. The maximum Gasteiger partial charge on any atom is 0.314 e. The number of ether oxygens (including phenoxy) is 1. The molecule has 1 aromatic heterocycles. The molecule has 3 fully saturated rings. The van der Waals surface area contributed by atoms with Gasteiger partial charge in [0.25, 0.3) is 0 Å². The summed E-state index contributed by atoms with van der Waals surface area (Å²) in [6.07, 6.45) is 2.29. The average Bonchev–Trinajstić information content (AvgIpc) is 3.24. The van der Waals surface area contributed by atoms with Gasteiger partial charge in [-0.25, -0.2) is 9.97 Å². The second-order valence-electron chi connectivity index (χ2n) is 7.25. The van der Waals surface area contributed by atoms with Crippen LogP contribution in [0.1, 0.15) is 24.6 Å². The highest BCUT2D eigenvalue weighted by molar-refractivity contribution is 5.90. The first-order valence-corrected chi connectivity index (χ1v) is 8.50. The third-order valence-corrected chi connectivity index (χ3v) is 5.64. The fourth-order valence-electron chi connectivity index (χ4n) is 4.04. The summed E-state index contributed by atoms with van der Waals surface area (Å²) in [7, 11) is 0. The van der Waals surface area contributed by atoms with Crippen molar-refractivity contribution >= 4 is 22.7 Å². The van der Waals surface area contributed by atoms with E-state index in [1.165, 1.54) is 0 Å². The summed E-state index contributed by atoms with van der Waals surface area (Å²) >= 11 is 0. The molecular formula is C18H19N3O3. The maximum atomic E-state index is 11.9. The van der Waals surface area contributed by atoms with Crippen LogP contribution in [0.4, 0.5) is 5.82 Å². The molecule has 3 heterocycles. The number of hydrogen-bond acceptors (Lipinski definition) is 5. The van der Waals surface area contributed by atoms with Crippen LogP contribution in [0.25, 0.3) is 10.9 Å². The van der Waals surface area contributed by atoms with E-state index in [-0.39, 0.29) is 5.92 Å². The fraction of sp³-hybridized carbons (Fsp3) is 0.500. The molecule has 124 valence electrons. The number of fused-ring (bicyclic) bond motifs is 2. The van der Waals surface area contributed by atoms with E-state index in [4.69, 9.17) is 14.7 Å². The molecule has 0 spiro atoms. The third-order valence-electron chi connectivity index (χ3n) is 5.64. The molecule has 24 heavy (non-hydrogen) atoms. The summed E-state index contributed by atoms with van der Waals surface area (Å²) in [5.41, 5.74) is 0.147. The largest absolute Gasteiger partial charge is 0.481 e. The topological polar surface area (TPSA) is 75.6 Å². The molecule has 2 aliphatic heterocycles. The van der Waals surface area contributed by atoms with Crippen LogP contribution in [0.2, 0.25) is 0 Å². The van der Waals surface area contributed by atoms with E-state index in [1.807, 2.05) is 24.3 Å². The van der Waals surface area contributed by atoms with Crippen LogP contribution in [0.3, 0.4) is 0 Å². The van der Waals surface area contributed by atoms with Crippen LogP contribution in [0.15, 0.2) is 24.3 Å². The number of aromatic nitrogens is 2. The van der Waals surface area contributed by atoms with Gasteiger partial charge >= 0.3 is 5.97 Å². The van der Waals surface area contributed by atoms with Crippen molar-refractivity contribution in [3.05, 3.63) is 30.1 Å². The van der Waals surface area contributed by atoms with Gasteiger partial charge in [0.05, 0.1) is 18.7 Å². The second-order valence-corrected chi connectivity index (χ2v) is 7.25. The monoisotopic (exact) mass is 325 g/mol. The number of carboxylic acids is 1. The van der Waals surface area contributed by atoms with E-state index in [9.17, 15) is 9.90 Å². The van der Waals surface area contributed by atoms with Crippen molar-refractivity contribution in [2.45, 2.75) is 18.8 Å². The van der Waals surface area contributed by atoms with Gasteiger partial charge in [-0.05, 0) is 25.0 Å². The number of rotatable bonds is 3. The number of hydrogen-bond donors (Lipinski definition) is 1. The number of carbonyl (C=O) groups is 1. The van der Waals surface area contributed by atoms with Crippen LogP contribution < -0.4 is 4.90 Å². The summed E-state index contributed by atoms with van der Waals surface area (Å²) < 4.78 is 5.48. The molecule has 0 amide bonds. The van der Waals surface area contributed by atoms with Crippen LogP contribution in [0.5, 0.6) is 0 Å². The van der Waals surface area contributed by atoms with E-state index >= 15 is 0 Å². The molecule has 0 bridgehead atoms. The van der Waals surface area contributed by atoms with Crippen LogP contribution in [-0.2, 0) is 9.53 Å². The van der Waals surface area contributed by atoms with E-state index in [2.05, 4.69) is 4.90 Å². The van der Waals surface area contributed by atoms with Crippen molar-refractivity contribution in [2.75, 3.05) is 31.2 Å². The molecule has 3 aliphatic rings. The first kappa shape index (κ1) is 14.2. The lowest BCUT2D eigenvalue weighted by Gasteiger charge is -2.23. The van der Waals surface area contributed by atoms with Crippen molar-refractivity contribution in [2.24, 2.45) is 11.3 Å². The van der Waals surface area contributed by atoms with Gasteiger partial charge < -0.3 is 14.7 Å². The predicted molar refractivity (Wildman–Crippen MR) is 88.1 cm³/mol. The minimum absolute atomic E-state index is 0.0214. The Morgan fingerprint density at radius 3 is 2.88 bits per heavy atom. The van der Waals surface area contributed by atoms with Gasteiger partial charge in [0, 0.05) is 30.3 Å². The molecule has 1 N–H and O–H groups in total. The Morgan fingerprint density at radius 2 is 2.12 bits per heavy atom. The summed E-state index contributed by atoms with van der Waals surface area (Å²) in [6.45, 7) is 1.94. The molecule has 6 nitrogen and oxygen atoms in total. The number of nitrogens with zero attached hydrogens (tertiary/aromatic N) is 3. The molecular weight excluding hydrogens is 306 g/mol. The quantitative estimate of drug-likeness (QED) is 0.931. The number of aliphatic carboxylic acids is 1. The van der Waals surface area contributed by atoms with Gasteiger partial charge in [0.1, 0.15) is 17.1 Å². The first-order valence-electron chi connectivity index (χ1n) is 8.50. The smallest absolute Gasteiger partial charge is 0.314 e. The Bertz CT molecular complexity index is 835. The van der Waals surface area contributed by atoms with Crippen molar-refractivity contribution in [3.8, 4) is 0 Å². The van der Waals surface area contributed by atoms with Gasteiger partial charge in [0.2, 0.25) is 0 Å². The zero-order valence-electron chi connectivity index (χ0n) is 13.3. The normalized spacial score (nSPS) is 29.2. The fourth-order valence-corrected chi connectivity index (χ4v) is 4.04. The summed E-state index contributed by atoms with van der Waals surface area (Å²) in [5, 5.41) is 10.8. The van der Waals surface area contributed by atoms with Crippen molar-refractivity contribution in [1.29, 1.82) is 0 Å². The number of benzene rings is 1. The minimum Gasteiger partial charge on any atom is -0.481 e. The molecule has 1 aliphatic carbocycles. The zero-order valence-corrected chi connectivity index (χ0v) is 13.3. The van der Waals surface area contributed by atoms with Crippen molar-refractivity contribution in [3.63, 3.8) is 0 Å². The highest BCUT2D eigenvalue weighted by Gasteiger charge is 2.56.